The Bertz CT molecular complexity index is 825. The van der Waals surface area contributed by atoms with Crippen molar-refractivity contribution in [1.29, 1.82) is 0 Å². The summed E-state index contributed by atoms with van der Waals surface area (Å²) in [6.45, 7) is 5.21. The van der Waals surface area contributed by atoms with Crippen molar-refractivity contribution in [2.75, 3.05) is 18.5 Å². The summed E-state index contributed by atoms with van der Waals surface area (Å²) >= 11 is 0. The van der Waals surface area contributed by atoms with Crippen molar-refractivity contribution in [3.05, 3.63) is 65.0 Å². The molecule has 0 spiro atoms. The van der Waals surface area contributed by atoms with Gasteiger partial charge >= 0.3 is 0 Å². The lowest BCUT2D eigenvalue weighted by atomic mass is 10.1. The molecule has 1 saturated heterocycles. The van der Waals surface area contributed by atoms with Gasteiger partial charge in [0.15, 0.2) is 0 Å². The van der Waals surface area contributed by atoms with Crippen LogP contribution in [0.15, 0.2) is 47.5 Å². The van der Waals surface area contributed by atoms with Gasteiger partial charge in [-0.3, -0.25) is 10.1 Å². The average molecular weight is 369 g/mol. The van der Waals surface area contributed by atoms with E-state index in [1.54, 1.807) is 6.07 Å². The summed E-state index contributed by atoms with van der Waals surface area (Å²) < 4.78 is 19.0. The summed E-state index contributed by atoms with van der Waals surface area (Å²) in [4.78, 5) is 17.0. The Morgan fingerprint density at radius 3 is 2.67 bits per heavy atom. The van der Waals surface area contributed by atoms with Gasteiger partial charge in [-0.1, -0.05) is 12.1 Å². The molecule has 1 aliphatic heterocycles. The topological polar surface area (TPSA) is 62.7 Å². The molecule has 1 amide bonds. The third-order valence-corrected chi connectivity index (χ3v) is 4.28. The van der Waals surface area contributed by atoms with Crippen molar-refractivity contribution in [2.24, 2.45) is 4.99 Å². The molecule has 1 heterocycles. The van der Waals surface area contributed by atoms with Gasteiger partial charge in [0.1, 0.15) is 5.82 Å². The molecule has 2 aromatic rings. The van der Waals surface area contributed by atoms with Gasteiger partial charge < -0.3 is 10.1 Å². The van der Waals surface area contributed by atoms with E-state index in [4.69, 9.17) is 4.74 Å². The average Bonchev–Trinajstić information content (AvgIpc) is 3.12. The van der Waals surface area contributed by atoms with Crippen molar-refractivity contribution >= 4 is 17.6 Å². The van der Waals surface area contributed by atoms with Gasteiger partial charge in [-0.15, -0.1) is 0 Å². The molecule has 0 radical (unpaired) electrons. The zero-order chi connectivity index (χ0) is 19.2. The van der Waals surface area contributed by atoms with E-state index in [1.807, 2.05) is 26.0 Å². The third kappa shape index (κ3) is 5.62. The molecule has 2 aromatic carbocycles. The third-order valence-electron chi connectivity index (χ3n) is 4.28. The lowest BCUT2D eigenvalue weighted by Crippen LogP contribution is -2.36. The van der Waals surface area contributed by atoms with Crippen LogP contribution in [-0.2, 0) is 4.74 Å². The molecule has 1 fully saturated rings. The highest BCUT2D eigenvalue weighted by atomic mass is 19.1. The van der Waals surface area contributed by atoms with Crippen LogP contribution in [0.2, 0.25) is 0 Å². The number of carbonyl (C=O) groups is 1. The van der Waals surface area contributed by atoms with Crippen LogP contribution in [0.1, 0.15) is 34.3 Å². The molecule has 142 valence electrons. The monoisotopic (exact) mass is 369 g/mol. The molecule has 5 nitrogen and oxygen atoms in total. The molecule has 27 heavy (non-hydrogen) atoms. The van der Waals surface area contributed by atoms with Crippen molar-refractivity contribution in [3.8, 4) is 0 Å². The van der Waals surface area contributed by atoms with Crippen LogP contribution in [0.4, 0.5) is 10.1 Å². The van der Waals surface area contributed by atoms with Gasteiger partial charge in [0.25, 0.3) is 5.91 Å². The Morgan fingerprint density at radius 2 is 2.00 bits per heavy atom. The van der Waals surface area contributed by atoms with E-state index in [0.29, 0.717) is 12.5 Å². The van der Waals surface area contributed by atoms with E-state index in [-0.39, 0.29) is 11.7 Å². The summed E-state index contributed by atoms with van der Waals surface area (Å²) in [5, 5.41) is 5.92. The number of halogens is 1. The molecule has 0 bridgehead atoms. The zero-order valence-corrected chi connectivity index (χ0v) is 15.6. The number of amides is 1. The van der Waals surface area contributed by atoms with Crippen molar-refractivity contribution < 1.29 is 13.9 Å². The van der Waals surface area contributed by atoms with E-state index in [1.165, 1.54) is 18.2 Å². The second-order valence-electron chi connectivity index (χ2n) is 6.79. The minimum Gasteiger partial charge on any atom is -0.376 e. The maximum atomic E-state index is 13.4. The Morgan fingerprint density at radius 1 is 1.22 bits per heavy atom. The highest BCUT2D eigenvalue weighted by Crippen LogP contribution is 2.15. The number of rotatable bonds is 4. The fourth-order valence-electron chi connectivity index (χ4n) is 3.08. The molecule has 2 N–H and O–H groups in total. The quantitative estimate of drug-likeness (QED) is 0.636. The predicted octanol–water partition coefficient (Wildman–Crippen LogP) is 3.82. The van der Waals surface area contributed by atoms with Gasteiger partial charge in [0, 0.05) is 17.9 Å². The Balaban J connectivity index is 1.77. The fraction of sp³-hybridized carbons (Fsp3) is 0.333. The van der Waals surface area contributed by atoms with Crippen LogP contribution in [0, 0.1) is 19.7 Å². The summed E-state index contributed by atoms with van der Waals surface area (Å²) in [6, 6.07) is 11.6. The number of carbonyl (C=O) groups excluding carboxylic acids is 1. The number of aliphatic imine (C=N–C) groups is 1. The number of hydrogen-bond acceptors (Lipinski definition) is 3. The second kappa shape index (κ2) is 8.77. The summed E-state index contributed by atoms with van der Waals surface area (Å²) in [5.74, 6) is -0.551. The maximum Gasteiger partial charge on any atom is 0.258 e. The first kappa shape index (κ1) is 19.0. The molecule has 3 rings (SSSR count). The molecular weight excluding hydrogens is 345 g/mol. The molecule has 0 aliphatic carbocycles. The van der Waals surface area contributed by atoms with Gasteiger partial charge in [-0.05, 0) is 68.1 Å². The SMILES string of the molecule is Cc1cc(C)cc(NC(=NC[C@@H]2CCCO2)NC(=O)c2cccc(F)c2)c1. The second-order valence-corrected chi connectivity index (χ2v) is 6.79. The first-order valence-corrected chi connectivity index (χ1v) is 9.08. The fourth-order valence-corrected chi connectivity index (χ4v) is 3.08. The van der Waals surface area contributed by atoms with Crippen LogP contribution >= 0.6 is 0 Å². The van der Waals surface area contributed by atoms with Crippen LogP contribution in [0.5, 0.6) is 0 Å². The van der Waals surface area contributed by atoms with Gasteiger partial charge in [-0.2, -0.15) is 0 Å². The smallest absolute Gasteiger partial charge is 0.258 e. The molecule has 1 atom stereocenters. The van der Waals surface area contributed by atoms with Gasteiger partial charge in [-0.25, -0.2) is 9.38 Å². The Kier molecular flexibility index (Phi) is 6.19. The Hall–Kier alpha value is -2.73. The largest absolute Gasteiger partial charge is 0.376 e. The lowest BCUT2D eigenvalue weighted by Gasteiger charge is -2.14. The number of nitrogens with one attached hydrogen (secondary N) is 2. The number of nitrogens with zero attached hydrogens (tertiary/aromatic N) is 1. The van der Waals surface area contributed by atoms with Crippen molar-refractivity contribution in [3.63, 3.8) is 0 Å². The van der Waals surface area contributed by atoms with E-state index in [0.717, 1.165) is 36.3 Å². The molecule has 0 unspecified atom stereocenters. The number of benzene rings is 2. The first-order valence-electron chi connectivity index (χ1n) is 9.08. The van der Waals surface area contributed by atoms with Crippen molar-refractivity contribution in [1.82, 2.24) is 5.32 Å². The predicted molar refractivity (Wildman–Crippen MR) is 105 cm³/mol. The zero-order valence-electron chi connectivity index (χ0n) is 15.6. The van der Waals surface area contributed by atoms with Gasteiger partial charge in [0.05, 0.1) is 12.6 Å². The number of guanidine groups is 1. The normalized spacial score (nSPS) is 17.0. The first-order chi connectivity index (χ1) is 13.0. The summed E-state index contributed by atoms with van der Waals surface area (Å²) in [5.41, 5.74) is 3.28. The highest BCUT2D eigenvalue weighted by molar-refractivity contribution is 6.10. The lowest BCUT2D eigenvalue weighted by molar-refractivity contribution is 0.0975. The minimum atomic E-state index is -0.456. The standard InChI is InChI=1S/C21H24FN3O2/c1-14-9-15(2)11-18(10-14)24-21(23-13-19-7-4-8-27-19)25-20(26)16-5-3-6-17(22)12-16/h3,5-6,9-12,19H,4,7-8,13H2,1-2H3,(H2,23,24,25,26)/t19-/m0/s1. The number of aryl methyl sites for hydroxylation is 2. The van der Waals surface area contributed by atoms with E-state index >= 15 is 0 Å². The van der Waals surface area contributed by atoms with Crippen LogP contribution in [0.25, 0.3) is 0 Å². The van der Waals surface area contributed by atoms with E-state index < -0.39 is 11.7 Å². The molecular formula is C21H24FN3O2. The summed E-state index contributed by atoms with van der Waals surface area (Å²) in [6.07, 6.45) is 2.04. The highest BCUT2D eigenvalue weighted by Gasteiger charge is 2.16. The Labute approximate surface area is 158 Å². The van der Waals surface area contributed by atoms with Gasteiger partial charge in [0.2, 0.25) is 5.96 Å². The number of ether oxygens (including phenoxy) is 1. The summed E-state index contributed by atoms with van der Waals surface area (Å²) in [7, 11) is 0. The number of hydrogen-bond donors (Lipinski definition) is 2. The molecule has 6 heteroatoms. The van der Waals surface area contributed by atoms with Crippen LogP contribution < -0.4 is 10.6 Å². The van der Waals surface area contributed by atoms with E-state index in [2.05, 4.69) is 21.7 Å². The molecule has 0 saturated carbocycles. The molecule has 1 aliphatic rings. The van der Waals surface area contributed by atoms with Crippen LogP contribution in [-0.4, -0.2) is 31.1 Å². The molecule has 0 aromatic heterocycles. The minimum absolute atomic E-state index is 0.0621. The van der Waals surface area contributed by atoms with E-state index in [9.17, 15) is 9.18 Å². The maximum absolute atomic E-state index is 13.4. The number of anilines is 1. The van der Waals surface area contributed by atoms with Crippen molar-refractivity contribution in [2.45, 2.75) is 32.8 Å². The van der Waals surface area contributed by atoms with Crippen LogP contribution in [0.3, 0.4) is 0 Å².